The second kappa shape index (κ2) is 4.92. The first-order valence-corrected chi connectivity index (χ1v) is 8.57. The van der Waals surface area contributed by atoms with Crippen LogP contribution in [-0.2, 0) is 9.53 Å². The first kappa shape index (κ1) is 14.0. The zero-order valence-corrected chi connectivity index (χ0v) is 13.0. The molecule has 0 radical (unpaired) electrons. The Labute approximate surface area is 126 Å². The lowest BCUT2D eigenvalue weighted by atomic mass is 9.58. The average Bonchev–Trinajstić information content (AvgIpc) is 2.39. The fraction of sp³-hybridized carbons (Fsp3) is 0.833. The van der Waals surface area contributed by atoms with Crippen LogP contribution in [0.1, 0.15) is 46.0 Å². The number of aliphatic hydroxyl groups excluding tert-OH is 1. The molecule has 3 aliphatic carbocycles. The molecule has 6 unspecified atom stereocenters. The molecule has 0 amide bonds. The van der Waals surface area contributed by atoms with Crippen LogP contribution >= 0.6 is 0 Å². The quantitative estimate of drug-likeness (QED) is 0.698. The van der Waals surface area contributed by atoms with Gasteiger partial charge in [0.05, 0.1) is 18.8 Å². The van der Waals surface area contributed by atoms with Crippen molar-refractivity contribution in [2.24, 2.45) is 29.6 Å². The highest BCUT2D eigenvalue weighted by Gasteiger charge is 2.51. The molecule has 2 bridgehead atoms. The van der Waals surface area contributed by atoms with Gasteiger partial charge in [0.2, 0.25) is 0 Å². The molecule has 3 nitrogen and oxygen atoms in total. The molecule has 1 heterocycles. The lowest BCUT2D eigenvalue weighted by molar-refractivity contribution is -0.181. The first-order chi connectivity index (χ1) is 10.1. The summed E-state index contributed by atoms with van der Waals surface area (Å²) in [7, 11) is 0. The molecular formula is C18H26O3. The largest absolute Gasteiger partial charge is 0.392 e. The third-order valence-corrected chi connectivity index (χ3v) is 6.88. The molecule has 1 saturated heterocycles. The number of allylic oxidation sites excluding steroid dienone is 1. The summed E-state index contributed by atoms with van der Waals surface area (Å²) in [6.07, 6.45) is 4.63. The minimum atomic E-state index is -0.223. The van der Waals surface area contributed by atoms with Crippen LogP contribution in [0.2, 0.25) is 0 Å². The van der Waals surface area contributed by atoms with Crippen molar-refractivity contribution in [3.05, 3.63) is 11.1 Å². The third-order valence-electron chi connectivity index (χ3n) is 6.88. The second-order valence-electron chi connectivity index (χ2n) is 7.79. The number of Topliss-reactive ketones (excluding diaryl/α,β-unsaturated/α-hetero) is 1. The molecule has 3 heteroatoms. The predicted molar refractivity (Wildman–Crippen MR) is 79.7 cm³/mol. The number of carbonyl (C=O) groups is 1. The predicted octanol–water partition coefficient (Wildman–Crippen LogP) is 2.72. The van der Waals surface area contributed by atoms with E-state index in [0.717, 1.165) is 32.3 Å². The van der Waals surface area contributed by atoms with Gasteiger partial charge in [-0.05, 0) is 50.4 Å². The van der Waals surface area contributed by atoms with Crippen LogP contribution in [0.15, 0.2) is 11.1 Å². The molecule has 7 atom stereocenters. The molecule has 4 rings (SSSR count). The van der Waals surface area contributed by atoms with Crippen molar-refractivity contribution in [3.8, 4) is 0 Å². The third kappa shape index (κ3) is 2.04. The van der Waals surface area contributed by atoms with Gasteiger partial charge in [-0.15, -0.1) is 0 Å². The summed E-state index contributed by atoms with van der Waals surface area (Å²) >= 11 is 0. The molecule has 21 heavy (non-hydrogen) atoms. The van der Waals surface area contributed by atoms with Gasteiger partial charge < -0.3 is 9.84 Å². The Balaban J connectivity index is 1.70. The summed E-state index contributed by atoms with van der Waals surface area (Å²) in [5.41, 5.74) is 2.60. The van der Waals surface area contributed by atoms with Crippen LogP contribution in [-0.4, -0.2) is 29.7 Å². The van der Waals surface area contributed by atoms with Gasteiger partial charge in [-0.2, -0.15) is 0 Å². The molecule has 0 spiro atoms. The van der Waals surface area contributed by atoms with E-state index in [1.54, 1.807) is 0 Å². The molecule has 0 aromatic carbocycles. The number of hydrogen-bond donors (Lipinski definition) is 1. The number of fused-ring (bicyclic) bond motifs is 5. The van der Waals surface area contributed by atoms with E-state index in [9.17, 15) is 9.90 Å². The summed E-state index contributed by atoms with van der Waals surface area (Å²) < 4.78 is 5.68. The fourth-order valence-electron chi connectivity index (χ4n) is 5.52. The summed E-state index contributed by atoms with van der Waals surface area (Å²) in [5, 5.41) is 10.6. The van der Waals surface area contributed by atoms with Gasteiger partial charge in [-0.25, -0.2) is 0 Å². The van der Waals surface area contributed by atoms with Crippen molar-refractivity contribution in [1.29, 1.82) is 0 Å². The van der Waals surface area contributed by atoms with Gasteiger partial charge in [0.1, 0.15) is 5.78 Å². The van der Waals surface area contributed by atoms with E-state index in [0.29, 0.717) is 42.0 Å². The summed E-state index contributed by atoms with van der Waals surface area (Å²) in [5.74, 6) is 2.40. The lowest BCUT2D eigenvalue weighted by Gasteiger charge is -2.52. The van der Waals surface area contributed by atoms with Gasteiger partial charge in [0.15, 0.2) is 0 Å². The number of ketones is 1. The minimum absolute atomic E-state index is 0.221. The highest BCUT2D eigenvalue weighted by molar-refractivity contribution is 5.84. The highest BCUT2D eigenvalue weighted by Crippen LogP contribution is 2.51. The lowest BCUT2D eigenvalue weighted by Crippen LogP contribution is -2.54. The zero-order chi connectivity index (χ0) is 14.7. The van der Waals surface area contributed by atoms with E-state index in [1.165, 1.54) is 11.1 Å². The van der Waals surface area contributed by atoms with E-state index in [2.05, 4.69) is 13.8 Å². The maximum Gasteiger partial charge on any atom is 0.140 e. The second-order valence-corrected chi connectivity index (χ2v) is 7.79. The molecule has 2 saturated carbocycles. The van der Waals surface area contributed by atoms with Crippen molar-refractivity contribution >= 4 is 5.78 Å². The van der Waals surface area contributed by atoms with E-state index < -0.39 is 0 Å². The van der Waals surface area contributed by atoms with Crippen LogP contribution in [0.25, 0.3) is 0 Å². The molecule has 3 fully saturated rings. The number of rotatable bonds is 0. The summed E-state index contributed by atoms with van der Waals surface area (Å²) in [6, 6.07) is 0. The van der Waals surface area contributed by atoms with Crippen LogP contribution in [0, 0.1) is 29.6 Å². The van der Waals surface area contributed by atoms with Gasteiger partial charge in [0.25, 0.3) is 0 Å². The SMILES string of the molecule is CC1=C2CC(=O)[C@H]3CCC4OCC4C3CC(C(O)C1)C2C. The molecule has 116 valence electrons. The molecule has 1 N–H and O–H groups in total. The van der Waals surface area contributed by atoms with Crippen LogP contribution < -0.4 is 0 Å². The molecule has 1 aliphatic heterocycles. The van der Waals surface area contributed by atoms with E-state index >= 15 is 0 Å². The van der Waals surface area contributed by atoms with E-state index in [-0.39, 0.29) is 12.0 Å². The molecule has 4 aliphatic rings. The van der Waals surface area contributed by atoms with Gasteiger partial charge in [-0.3, -0.25) is 4.79 Å². The maximum absolute atomic E-state index is 12.8. The van der Waals surface area contributed by atoms with Crippen molar-refractivity contribution in [2.75, 3.05) is 6.61 Å². The Morgan fingerprint density at radius 2 is 2.00 bits per heavy atom. The van der Waals surface area contributed by atoms with Crippen molar-refractivity contribution in [3.63, 3.8) is 0 Å². The standard InChI is InChI=1S/C18H26O3/c1-9-5-16(19)13-6-14-11(3-4-18-15(14)8-21-18)17(20)7-12(9)10(13)2/h10-11,13-16,18-19H,3-8H2,1-2H3/t10?,11-,13?,14?,15?,16?,18?/m0/s1. The number of ether oxygens (including phenoxy) is 1. The van der Waals surface area contributed by atoms with Crippen LogP contribution in [0.3, 0.4) is 0 Å². The van der Waals surface area contributed by atoms with Gasteiger partial charge in [-0.1, -0.05) is 18.1 Å². The van der Waals surface area contributed by atoms with Crippen molar-refractivity contribution in [1.82, 2.24) is 0 Å². The van der Waals surface area contributed by atoms with Crippen LogP contribution in [0.4, 0.5) is 0 Å². The maximum atomic E-state index is 12.8. The smallest absolute Gasteiger partial charge is 0.140 e. The number of aliphatic hydroxyl groups is 1. The van der Waals surface area contributed by atoms with E-state index in [1.807, 2.05) is 0 Å². The summed E-state index contributed by atoms with van der Waals surface area (Å²) in [6.45, 7) is 5.16. The molecule has 0 aromatic heterocycles. The number of hydrogen-bond acceptors (Lipinski definition) is 3. The monoisotopic (exact) mass is 290 g/mol. The zero-order valence-electron chi connectivity index (χ0n) is 13.0. The van der Waals surface area contributed by atoms with Gasteiger partial charge >= 0.3 is 0 Å². The fourth-order valence-corrected chi connectivity index (χ4v) is 5.52. The average molecular weight is 290 g/mol. The Bertz CT molecular complexity index is 495. The van der Waals surface area contributed by atoms with Crippen LogP contribution in [0.5, 0.6) is 0 Å². The highest BCUT2D eigenvalue weighted by atomic mass is 16.5. The Morgan fingerprint density at radius 1 is 1.19 bits per heavy atom. The van der Waals surface area contributed by atoms with Gasteiger partial charge in [0, 0.05) is 18.3 Å². The number of carbonyl (C=O) groups excluding carboxylic acids is 1. The Morgan fingerprint density at radius 3 is 2.71 bits per heavy atom. The minimum Gasteiger partial charge on any atom is -0.392 e. The molecule has 0 aromatic rings. The van der Waals surface area contributed by atoms with Crippen molar-refractivity contribution in [2.45, 2.75) is 58.2 Å². The van der Waals surface area contributed by atoms with E-state index in [4.69, 9.17) is 4.74 Å². The normalized spacial score (nSPS) is 49.7. The Kier molecular flexibility index (Phi) is 3.27. The summed E-state index contributed by atoms with van der Waals surface area (Å²) in [4.78, 5) is 12.8. The topological polar surface area (TPSA) is 46.5 Å². The first-order valence-electron chi connectivity index (χ1n) is 8.57. The molecular weight excluding hydrogens is 264 g/mol. The Hall–Kier alpha value is -0.670. The van der Waals surface area contributed by atoms with Crippen molar-refractivity contribution < 1.29 is 14.6 Å².